The van der Waals surface area contributed by atoms with Crippen LogP contribution in [0.3, 0.4) is 0 Å². The molecule has 2 heterocycles. The average Bonchev–Trinajstić information content (AvgIpc) is 3.18. The summed E-state index contributed by atoms with van der Waals surface area (Å²) in [5.41, 5.74) is 2.90. The second kappa shape index (κ2) is 6.01. The van der Waals surface area contributed by atoms with Gasteiger partial charge in [0.25, 0.3) is 0 Å². The first-order chi connectivity index (χ1) is 11.7. The Morgan fingerprint density at radius 2 is 1.96 bits per heavy atom. The summed E-state index contributed by atoms with van der Waals surface area (Å²) in [7, 11) is 0. The number of thioether (sulfide) groups is 1. The largest absolute Gasteiger partial charge is 0.335 e. The van der Waals surface area contributed by atoms with E-state index in [1.807, 2.05) is 19.1 Å². The molecule has 3 N–H and O–H groups in total. The first-order valence-electron chi connectivity index (χ1n) is 7.54. The normalized spacial score (nSPS) is 11.2. The highest BCUT2D eigenvalue weighted by molar-refractivity contribution is 7.98. The summed E-state index contributed by atoms with van der Waals surface area (Å²) < 4.78 is 1.49. The zero-order valence-electron chi connectivity index (χ0n) is 13.1. The Kier molecular flexibility index (Phi) is 3.70. The third kappa shape index (κ3) is 2.63. The fourth-order valence-electron chi connectivity index (χ4n) is 2.64. The Hall–Kier alpha value is -2.80. The molecular formula is C17H16N6S. The molecule has 120 valence electrons. The summed E-state index contributed by atoms with van der Waals surface area (Å²) in [4.78, 5) is 0. The van der Waals surface area contributed by atoms with Crippen LogP contribution in [0.1, 0.15) is 11.3 Å². The van der Waals surface area contributed by atoms with Crippen molar-refractivity contribution in [3.63, 3.8) is 0 Å². The number of rotatable bonds is 4. The van der Waals surface area contributed by atoms with E-state index in [1.165, 1.54) is 21.0 Å². The maximum Gasteiger partial charge on any atom is 0.210 e. The number of fused-ring (bicyclic) bond motifs is 1. The van der Waals surface area contributed by atoms with Gasteiger partial charge in [-0.1, -0.05) is 54.2 Å². The van der Waals surface area contributed by atoms with Gasteiger partial charge >= 0.3 is 0 Å². The zero-order valence-corrected chi connectivity index (χ0v) is 13.9. The molecule has 7 heteroatoms. The van der Waals surface area contributed by atoms with Gasteiger partial charge in [-0.05, 0) is 29.3 Å². The summed E-state index contributed by atoms with van der Waals surface area (Å²) >= 11 is 1.56. The lowest BCUT2D eigenvalue weighted by molar-refractivity contribution is 0.847. The molecule has 2 aromatic heterocycles. The third-order valence-corrected chi connectivity index (χ3v) is 4.83. The number of nitrogens with zero attached hydrogens (tertiary/aromatic N) is 4. The van der Waals surface area contributed by atoms with Crippen molar-refractivity contribution in [3.8, 4) is 11.5 Å². The van der Waals surface area contributed by atoms with E-state index in [-0.39, 0.29) is 0 Å². The van der Waals surface area contributed by atoms with Crippen molar-refractivity contribution in [2.45, 2.75) is 17.8 Å². The average molecular weight is 336 g/mol. The maximum atomic E-state index is 6.14. The molecule has 24 heavy (non-hydrogen) atoms. The summed E-state index contributed by atoms with van der Waals surface area (Å²) in [6.45, 7) is 1.93. The van der Waals surface area contributed by atoms with Crippen LogP contribution < -0.4 is 5.84 Å². The van der Waals surface area contributed by atoms with E-state index in [1.54, 1.807) is 11.8 Å². The van der Waals surface area contributed by atoms with E-state index < -0.39 is 0 Å². The van der Waals surface area contributed by atoms with Gasteiger partial charge in [0.2, 0.25) is 11.0 Å². The molecule has 4 rings (SSSR count). The van der Waals surface area contributed by atoms with E-state index in [0.29, 0.717) is 16.7 Å². The maximum absolute atomic E-state index is 6.14. The van der Waals surface area contributed by atoms with Gasteiger partial charge in [-0.15, -0.1) is 10.2 Å². The van der Waals surface area contributed by atoms with Crippen molar-refractivity contribution in [3.05, 3.63) is 59.8 Å². The molecule has 6 nitrogen and oxygen atoms in total. The number of nitrogens with two attached hydrogens (primary N) is 1. The monoisotopic (exact) mass is 336 g/mol. The molecule has 0 atom stereocenters. The summed E-state index contributed by atoms with van der Waals surface area (Å²) in [6, 6.07) is 16.6. The minimum Gasteiger partial charge on any atom is -0.335 e. The van der Waals surface area contributed by atoms with E-state index in [0.717, 1.165) is 11.4 Å². The minimum absolute atomic E-state index is 0.555. The lowest BCUT2D eigenvalue weighted by Gasteiger charge is -2.06. The van der Waals surface area contributed by atoms with Gasteiger partial charge in [0.05, 0.1) is 0 Å². The third-order valence-electron chi connectivity index (χ3n) is 3.84. The molecule has 0 aliphatic heterocycles. The summed E-state index contributed by atoms with van der Waals surface area (Å²) in [5.74, 6) is 7.47. The van der Waals surface area contributed by atoms with Crippen LogP contribution in [-0.2, 0) is 5.75 Å². The lowest BCUT2D eigenvalue weighted by atomic mass is 10.1. The van der Waals surface area contributed by atoms with Crippen LogP contribution in [0, 0.1) is 6.92 Å². The molecule has 0 aliphatic carbocycles. The number of hydrogen-bond acceptors (Lipinski definition) is 5. The minimum atomic E-state index is 0.555. The Labute approximate surface area is 143 Å². The number of aromatic amines is 1. The van der Waals surface area contributed by atoms with E-state index in [4.69, 9.17) is 5.84 Å². The Bertz CT molecular complexity index is 998. The van der Waals surface area contributed by atoms with E-state index in [9.17, 15) is 0 Å². The zero-order chi connectivity index (χ0) is 16.5. The van der Waals surface area contributed by atoms with Crippen LogP contribution in [0.5, 0.6) is 0 Å². The Morgan fingerprint density at radius 3 is 2.79 bits per heavy atom. The van der Waals surface area contributed by atoms with Crippen LogP contribution in [0.25, 0.3) is 22.3 Å². The molecule has 0 fully saturated rings. The van der Waals surface area contributed by atoms with Gasteiger partial charge in [0, 0.05) is 11.4 Å². The highest BCUT2D eigenvalue weighted by atomic mass is 32.2. The molecule has 0 radical (unpaired) electrons. The highest BCUT2D eigenvalue weighted by Gasteiger charge is 2.14. The molecule has 0 saturated heterocycles. The van der Waals surface area contributed by atoms with Gasteiger partial charge in [-0.2, -0.15) is 5.10 Å². The number of aromatic nitrogens is 5. The van der Waals surface area contributed by atoms with E-state index in [2.05, 4.69) is 56.8 Å². The Morgan fingerprint density at radius 1 is 1.12 bits per heavy atom. The van der Waals surface area contributed by atoms with Crippen LogP contribution in [0.15, 0.2) is 53.7 Å². The molecule has 0 saturated carbocycles. The van der Waals surface area contributed by atoms with Crippen molar-refractivity contribution in [2.24, 2.45) is 0 Å². The van der Waals surface area contributed by atoms with Crippen LogP contribution >= 0.6 is 11.8 Å². The second-order valence-electron chi connectivity index (χ2n) is 5.54. The second-order valence-corrected chi connectivity index (χ2v) is 6.48. The predicted molar refractivity (Wildman–Crippen MR) is 96.0 cm³/mol. The molecule has 2 aromatic carbocycles. The quantitative estimate of drug-likeness (QED) is 0.442. The summed E-state index contributed by atoms with van der Waals surface area (Å²) in [5, 5.41) is 18.6. The lowest BCUT2D eigenvalue weighted by Crippen LogP contribution is -2.11. The van der Waals surface area contributed by atoms with Crippen molar-refractivity contribution >= 4 is 22.5 Å². The topological polar surface area (TPSA) is 85.4 Å². The Balaban J connectivity index is 1.59. The molecule has 0 unspecified atom stereocenters. The van der Waals surface area contributed by atoms with E-state index >= 15 is 0 Å². The first-order valence-corrected chi connectivity index (χ1v) is 8.53. The number of H-pyrrole nitrogens is 1. The van der Waals surface area contributed by atoms with Crippen molar-refractivity contribution in [1.29, 1.82) is 0 Å². The number of benzene rings is 2. The number of hydrogen-bond donors (Lipinski definition) is 2. The van der Waals surface area contributed by atoms with Gasteiger partial charge in [0.1, 0.15) is 5.69 Å². The standard InChI is InChI=1S/C17H16N6S/c1-11-9-15(20-19-11)16-21-22-17(23(16)18)24-10-13-7-4-6-12-5-2-3-8-14(12)13/h2-9H,10,18H2,1H3,(H,19,20). The summed E-state index contributed by atoms with van der Waals surface area (Å²) in [6.07, 6.45) is 0. The number of nitrogens with one attached hydrogen (secondary N) is 1. The highest BCUT2D eigenvalue weighted by Crippen LogP contribution is 2.27. The van der Waals surface area contributed by atoms with Crippen LogP contribution in [-0.4, -0.2) is 25.1 Å². The fourth-order valence-corrected chi connectivity index (χ4v) is 3.50. The van der Waals surface area contributed by atoms with Gasteiger partial charge < -0.3 is 5.84 Å². The van der Waals surface area contributed by atoms with Gasteiger partial charge in [0.15, 0.2) is 0 Å². The molecule has 0 aliphatic rings. The van der Waals surface area contributed by atoms with Crippen molar-refractivity contribution in [1.82, 2.24) is 25.1 Å². The SMILES string of the molecule is Cc1cc(-c2nnc(SCc3cccc4ccccc34)n2N)n[nH]1. The van der Waals surface area contributed by atoms with Crippen LogP contribution in [0.4, 0.5) is 0 Å². The molecular weight excluding hydrogens is 320 g/mol. The first kappa shape index (κ1) is 14.8. The van der Waals surface area contributed by atoms with Crippen LogP contribution in [0.2, 0.25) is 0 Å². The van der Waals surface area contributed by atoms with Crippen molar-refractivity contribution < 1.29 is 0 Å². The van der Waals surface area contributed by atoms with Gasteiger partial charge in [-0.25, -0.2) is 4.68 Å². The predicted octanol–water partition coefficient (Wildman–Crippen LogP) is 3.14. The molecule has 0 spiro atoms. The number of aryl methyl sites for hydroxylation is 1. The molecule has 4 aromatic rings. The molecule has 0 amide bonds. The fraction of sp³-hybridized carbons (Fsp3) is 0.118. The molecule has 0 bridgehead atoms. The number of nitrogen functional groups attached to an aromatic ring is 1. The van der Waals surface area contributed by atoms with Crippen molar-refractivity contribution in [2.75, 3.05) is 5.84 Å². The smallest absolute Gasteiger partial charge is 0.210 e. The van der Waals surface area contributed by atoms with Gasteiger partial charge in [-0.3, -0.25) is 5.10 Å².